The number of anilines is 1. The van der Waals surface area contributed by atoms with E-state index in [-0.39, 0.29) is 5.91 Å². The Morgan fingerprint density at radius 2 is 1.85 bits per heavy atom. The Morgan fingerprint density at radius 3 is 2.56 bits per heavy atom. The molecule has 1 N–H and O–H groups in total. The second-order valence-electron chi connectivity index (χ2n) is 6.70. The minimum absolute atomic E-state index is 0.0530. The molecule has 0 aliphatic carbocycles. The second-order valence-corrected chi connectivity index (χ2v) is 8.57. The molecule has 0 radical (unpaired) electrons. The fourth-order valence-corrected chi connectivity index (χ4v) is 4.34. The van der Waals surface area contributed by atoms with Crippen LogP contribution < -0.4 is 10.2 Å². The van der Waals surface area contributed by atoms with Crippen LogP contribution >= 0.6 is 27.7 Å². The van der Waals surface area contributed by atoms with Crippen LogP contribution in [0, 0.1) is 13.8 Å². The van der Waals surface area contributed by atoms with Gasteiger partial charge < -0.3 is 15.0 Å². The fourth-order valence-electron chi connectivity index (χ4n) is 2.95. The number of ether oxygens (including phenoxy) is 1. The lowest BCUT2D eigenvalue weighted by molar-refractivity contribution is -0.118. The van der Waals surface area contributed by atoms with Crippen molar-refractivity contribution in [1.29, 1.82) is 0 Å². The molecule has 4 nitrogen and oxygen atoms in total. The molecule has 2 aromatic rings. The number of aryl methyl sites for hydroxylation is 2. The van der Waals surface area contributed by atoms with Crippen LogP contribution in [0.2, 0.25) is 0 Å². The average molecular weight is 449 g/mol. The van der Waals surface area contributed by atoms with Gasteiger partial charge in [-0.25, -0.2) is 0 Å². The number of carbonyl (C=O) groups excluding carboxylic acids is 1. The minimum Gasteiger partial charge on any atom is -0.378 e. The number of carbonyl (C=O) groups is 1. The normalized spacial score (nSPS) is 14.3. The fraction of sp³-hybridized carbons (Fsp3) is 0.381. The Morgan fingerprint density at radius 1 is 1.15 bits per heavy atom. The maximum absolute atomic E-state index is 12.2. The highest BCUT2D eigenvalue weighted by atomic mass is 79.9. The number of benzene rings is 2. The van der Waals surface area contributed by atoms with Crippen molar-refractivity contribution in [3.63, 3.8) is 0 Å². The van der Waals surface area contributed by atoms with E-state index in [4.69, 9.17) is 4.74 Å². The van der Waals surface area contributed by atoms with E-state index in [9.17, 15) is 4.79 Å². The topological polar surface area (TPSA) is 41.6 Å². The summed E-state index contributed by atoms with van der Waals surface area (Å²) in [5.74, 6) is 0.477. The van der Waals surface area contributed by atoms with Gasteiger partial charge in [0.25, 0.3) is 0 Å². The summed E-state index contributed by atoms with van der Waals surface area (Å²) in [4.78, 5) is 15.7. The molecule has 1 amide bonds. The first kappa shape index (κ1) is 20.2. The molecule has 0 aromatic heterocycles. The maximum Gasteiger partial charge on any atom is 0.230 e. The highest BCUT2D eigenvalue weighted by molar-refractivity contribution is 9.10. The number of rotatable bonds is 6. The molecule has 1 fully saturated rings. The van der Waals surface area contributed by atoms with Gasteiger partial charge in [-0.1, -0.05) is 28.1 Å². The molecule has 2 aromatic carbocycles. The Bertz CT molecular complexity index is 790. The Labute approximate surface area is 173 Å². The van der Waals surface area contributed by atoms with E-state index < -0.39 is 0 Å². The van der Waals surface area contributed by atoms with E-state index in [1.165, 1.54) is 16.8 Å². The van der Waals surface area contributed by atoms with Crippen molar-refractivity contribution >= 4 is 39.3 Å². The lowest BCUT2D eigenvalue weighted by atomic mass is 10.2. The van der Waals surface area contributed by atoms with Crippen LogP contribution in [0.1, 0.15) is 16.7 Å². The van der Waals surface area contributed by atoms with Gasteiger partial charge in [0.05, 0.1) is 19.0 Å². The van der Waals surface area contributed by atoms with Gasteiger partial charge in [-0.3, -0.25) is 4.79 Å². The standard InChI is InChI=1S/C21H25BrN2O2S/c1-15-12-20(16(2)11-19(15)22)27-14-21(25)23-13-17-3-5-18(6-4-17)24-7-9-26-10-8-24/h3-6,11-12H,7-10,13-14H2,1-2H3,(H,23,25). The number of nitrogens with one attached hydrogen (secondary N) is 1. The van der Waals surface area contributed by atoms with Crippen molar-refractivity contribution in [2.24, 2.45) is 0 Å². The lowest BCUT2D eigenvalue weighted by Gasteiger charge is -2.28. The molecular formula is C21H25BrN2O2S. The molecule has 1 saturated heterocycles. The molecule has 1 aliphatic rings. The number of nitrogens with zero attached hydrogens (tertiary/aromatic N) is 1. The van der Waals surface area contributed by atoms with Crippen LogP contribution in [0.3, 0.4) is 0 Å². The number of morpholine rings is 1. The van der Waals surface area contributed by atoms with Crippen molar-refractivity contribution in [1.82, 2.24) is 5.32 Å². The third-order valence-corrected chi connectivity index (χ3v) is 6.63. The van der Waals surface area contributed by atoms with E-state index in [1.54, 1.807) is 11.8 Å². The summed E-state index contributed by atoms with van der Waals surface area (Å²) in [5.41, 5.74) is 4.69. The number of hydrogen-bond donors (Lipinski definition) is 1. The number of halogens is 1. The summed E-state index contributed by atoms with van der Waals surface area (Å²) in [6, 6.07) is 12.6. The summed E-state index contributed by atoms with van der Waals surface area (Å²) < 4.78 is 6.50. The van der Waals surface area contributed by atoms with Crippen LogP contribution in [0.15, 0.2) is 45.8 Å². The molecule has 144 valence electrons. The van der Waals surface area contributed by atoms with E-state index in [1.807, 2.05) is 0 Å². The molecule has 0 atom stereocenters. The first-order valence-corrected chi connectivity index (χ1v) is 10.9. The zero-order valence-corrected chi connectivity index (χ0v) is 18.2. The van der Waals surface area contributed by atoms with Gasteiger partial charge in [0.2, 0.25) is 5.91 Å². The van der Waals surface area contributed by atoms with Gasteiger partial charge in [-0.15, -0.1) is 11.8 Å². The summed E-state index contributed by atoms with van der Waals surface area (Å²) in [5, 5.41) is 3.01. The summed E-state index contributed by atoms with van der Waals surface area (Å²) in [6.45, 7) is 8.13. The van der Waals surface area contributed by atoms with E-state index >= 15 is 0 Å². The predicted octanol–water partition coefficient (Wildman–Crippen LogP) is 4.31. The Hall–Kier alpha value is -1.50. The third kappa shape index (κ3) is 5.74. The van der Waals surface area contributed by atoms with Crippen LogP contribution in [0.5, 0.6) is 0 Å². The largest absolute Gasteiger partial charge is 0.378 e. The molecule has 0 spiro atoms. The van der Waals surface area contributed by atoms with Crippen molar-refractivity contribution in [3.05, 3.63) is 57.6 Å². The van der Waals surface area contributed by atoms with Crippen LogP contribution in [-0.4, -0.2) is 38.0 Å². The molecule has 0 unspecified atom stereocenters. The van der Waals surface area contributed by atoms with Crippen LogP contribution in [0.25, 0.3) is 0 Å². The SMILES string of the molecule is Cc1cc(SCC(=O)NCc2ccc(N3CCOCC3)cc2)c(C)cc1Br. The van der Waals surface area contributed by atoms with Gasteiger partial charge in [0.1, 0.15) is 0 Å². The van der Waals surface area contributed by atoms with Gasteiger partial charge >= 0.3 is 0 Å². The van der Waals surface area contributed by atoms with Crippen molar-refractivity contribution < 1.29 is 9.53 Å². The highest BCUT2D eigenvalue weighted by Gasteiger charge is 2.11. The minimum atomic E-state index is 0.0530. The average Bonchev–Trinajstić information content (AvgIpc) is 2.69. The van der Waals surface area contributed by atoms with Gasteiger partial charge in [0, 0.05) is 34.7 Å². The zero-order chi connectivity index (χ0) is 19.2. The number of thioether (sulfide) groups is 1. The molecule has 0 bridgehead atoms. The van der Waals surface area contributed by atoms with Crippen molar-refractivity contribution in [2.75, 3.05) is 37.0 Å². The number of hydrogen-bond acceptors (Lipinski definition) is 4. The van der Waals surface area contributed by atoms with E-state index in [2.05, 4.69) is 76.4 Å². The summed E-state index contributed by atoms with van der Waals surface area (Å²) >= 11 is 5.13. The smallest absolute Gasteiger partial charge is 0.230 e. The summed E-state index contributed by atoms with van der Waals surface area (Å²) in [6.07, 6.45) is 0. The van der Waals surface area contributed by atoms with Crippen molar-refractivity contribution in [3.8, 4) is 0 Å². The monoisotopic (exact) mass is 448 g/mol. The zero-order valence-electron chi connectivity index (χ0n) is 15.8. The summed E-state index contributed by atoms with van der Waals surface area (Å²) in [7, 11) is 0. The molecule has 1 heterocycles. The van der Waals surface area contributed by atoms with Crippen LogP contribution in [0.4, 0.5) is 5.69 Å². The lowest BCUT2D eigenvalue weighted by Crippen LogP contribution is -2.36. The van der Waals surface area contributed by atoms with Crippen molar-refractivity contribution in [2.45, 2.75) is 25.3 Å². The molecule has 27 heavy (non-hydrogen) atoms. The van der Waals surface area contributed by atoms with E-state index in [0.717, 1.165) is 41.2 Å². The first-order valence-electron chi connectivity index (χ1n) is 9.11. The molecular weight excluding hydrogens is 424 g/mol. The molecule has 1 aliphatic heterocycles. The number of amides is 1. The maximum atomic E-state index is 12.2. The van der Waals surface area contributed by atoms with Gasteiger partial charge in [0.15, 0.2) is 0 Å². The first-order chi connectivity index (χ1) is 13.0. The van der Waals surface area contributed by atoms with Crippen LogP contribution in [-0.2, 0) is 16.1 Å². The molecule has 6 heteroatoms. The third-order valence-electron chi connectivity index (χ3n) is 4.62. The molecule has 0 saturated carbocycles. The molecule has 3 rings (SSSR count). The highest BCUT2D eigenvalue weighted by Crippen LogP contribution is 2.28. The quantitative estimate of drug-likeness (QED) is 0.668. The Kier molecular flexibility index (Phi) is 7.21. The van der Waals surface area contributed by atoms with Gasteiger partial charge in [-0.2, -0.15) is 0 Å². The predicted molar refractivity (Wildman–Crippen MR) is 116 cm³/mol. The Balaban J connectivity index is 1.47. The van der Waals surface area contributed by atoms with Gasteiger partial charge in [-0.05, 0) is 54.8 Å². The van der Waals surface area contributed by atoms with E-state index in [0.29, 0.717) is 12.3 Å². The second kappa shape index (κ2) is 9.62.